The van der Waals surface area contributed by atoms with Crippen LogP contribution in [0, 0.1) is 24.2 Å². The van der Waals surface area contributed by atoms with Gasteiger partial charge >= 0.3 is 12.0 Å². The standard InChI is InChI=1S/C10H13N3O4/c1-4-12-13-9(17-4)11-7(14)5-6(8(15)16)10(5,2)3/h5-6H,1-3H3,(H,15,16)(H,11,13,14). The first-order valence-corrected chi connectivity index (χ1v) is 5.18. The van der Waals surface area contributed by atoms with Crippen LogP contribution in [0.3, 0.4) is 0 Å². The molecule has 1 aromatic heterocycles. The number of carbonyl (C=O) groups excluding carboxylic acids is 1. The summed E-state index contributed by atoms with van der Waals surface area (Å²) < 4.78 is 4.99. The Bertz CT molecular complexity index is 480. The van der Waals surface area contributed by atoms with Gasteiger partial charge in [-0.1, -0.05) is 18.9 Å². The first kappa shape index (κ1) is 11.6. The molecule has 7 heteroatoms. The zero-order valence-corrected chi connectivity index (χ0v) is 9.72. The fourth-order valence-corrected chi connectivity index (χ4v) is 2.12. The summed E-state index contributed by atoms with van der Waals surface area (Å²) in [7, 11) is 0. The summed E-state index contributed by atoms with van der Waals surface area (Å²) in [5.74, 6) is -2.24. The van der Waals surface area contributed by atoms with Crippen LogP contribution in [0.5, 0.6) is 0 Å². The maximum atomic E-state index is 11.8. The lowest BCUT2D eigenvalue weighted by Crippen LogP contribution is -2.17. The lowest BCUT2D eigenvalue weighted by atomic mass is 10.1. The molecule has 17 heavy (non-hydrogen) atoms. The second-order valence-electron chi connectivity index (χ2n) is 4.73. The fraction of sp³-hybridized carbons (Fsp3) is 0.600. The van der Waals surface area contributed by atoms with E-state index in [9.17, 15) is 9.59 Å². The third-order valence-electron chi connectivity index (χ3n) is 3.13. The van der Waals surface area contributed by atoms with Gasteiger partial charge in [0.15, 0.2) is 0 Å². The molecule has 2 N–H and O–H groups in total. The van der Waals surface area contributed by atoms with E-state index < -0.39 is 29.1 Å². The van der Waals surface area contributed by atoms with Gasteiger partial charge in [0.25, 0.3) is 0 Å². The van der Waals surface area contributed by atoms with Gasteiger partial charge in [0.1, 0.15) is 0 Å². The van der Waals surface area contributed by atoms with E-state index in [1.807, 2.05) is 0 Å². The van der Waals surface area contributed by atoms with E-state index in [4.69, 9.17) is 9.52 Å². The Kier molecular flexibility index (Phi) is 2.41. The summed E-state index contributed by atoms with van der Waals surface area (Å²) in [6.45, 7) is 5.09. The second kappa shape index (κ2) is 3.54. The van der Waals surface area contributed by atoms with Crippen LogP contribution in [-0.4, -0.2) is 27.2 Å². The topological polar surface area (TPSA) is 105 Å². The maximum absolute atomic E-state index is 11.8. The number of aliphatic carboxylic acids is 1. The zero-order valence-electron chi connectivity index (χ0n) is 9.72. The van der Waals surface area contributed by atoms with Crippen molar-refractivity contribution < 1.29 is 19.1 Å². The molecule has 0 radical (unpaired) electrons. The Labute approximate surface area is 97.2 Å². The minimum atomic E-state index is -0.961. The molecular formula is C10H13N3O4. The largest absolute Gasteiger partial charge is 0.481 e. The predicted molar refractivity (Wildman–Crippen MR) is 56.1 cm³/mol. The van der Waals surface area contributed by atoms with Gasteiger partial charge in [0, 0.05) is 6.92 Å². The lowest BCUT2D eigenvalue weighted by molar-refractivity contribution is -0.140. The summed E-state index contributed by atoms with van der Waals surface area (Å²) in [5, 5.41) is 18.5. The van der Waals surface area contributed by atoms with Gasteiger partial charge < -0.3 is 9.52 Å². The minimum Gasteiger partial charge on any atom is -0.481 e. The molecule has 1 fully saturated rings. The van der Waals surface area contributed by atoms with Crippen molar-refractivity contribution in [2.45, 2.75) is 20.8 Å². The Morgan fingerprint density at radius 3 is 2.41 bits per heavy atom. The van der Waals surface area contributed by atoms with E-state index >= 15 is 0 Å². The number of hydrogen-bond acceptors (Lipinski definition) is 5. The fourth-order valence-electron chi connectivity index (χ4n) is 2.12. The van der Waals surface area contributed by atoms with Crippen LogP contribution in [0.4, 0.5) is 6.01 Å². The highest BCUT2D eigenvalue weighted by Gasteiger charge is 2.66. The number of carbonyl (C=O) groups is 2. The predicted octanol–water partition coefficient (Wildman–Crippen LogP) is 0.673. The molecule has 2 rings (SSSR count). The van der Waals surface area contributed by atoms with Crippen LogP contribution in [0.1, 0.15) is 19.7 Å². The monoisotopic (exact) mass is 239 g/mol. The number of anilines is 1. The first-order valence-electron chi connectivity index (χ1n) is 5.18. The van der Waals surface area contributed by atoms with E-state index in [-0.39, 0.29) is 6.01 Å². The van der Waals surface area contributed by atoms with Gasteiger partial charge in [-0.15, -0.1) is 5.10 Å². The smallest absolute Gasteiger partial charge is 0.322 e. The molecule has 1 aliphatic carbocycles. The highest BCUT2D eigenvalue weighted by molar-refractivity contribution is 5.98. The van der Waals surface area contributed by atoms with E-state index in [0.717, 1.165) is 0 Å². The summed E-state index contributed by atoms with van der Waals surface area (Å²) in [6, 6.07) is -0.000612. The number of rotatable bonds is 3. The first-order chi connectivity index (χ1) is 7.84. The Morgan fingerprint density at radius 2 is 2.00 bits per heavy atom. The van der Waals surface area contributed by atoms with Crippen LogP contribution >= 0.6 is 0 Å². The van der Waals surface area contributed by atoms with Gasteiger partial charge in [0.05, 0.1) is 11.8 Å². The van der Waals surface area contributed by atoms with E-state index in [2.05, 4.69) is 15.5 Å². The molecule has 1 aliphatic rings. The maximum Gasteiger partial charge on any atom is 0.322 e. The van der Waals surface area contributed by atoms with Crippen LogP contribution in [0.25, 0.3) is 0 Å². The number of carboxylic acids is 1. The van der Waals surface area contributed by atoms with Crippen LogP contribution < -0.4 is 5.32 Å². The van der Waals surface area contributed by atoms with Gasteiger partial charge in [-0.25, -0.2) is 0 Å². The lowest BCUT2D eigenvalue weighted by Gasteiger charge is -2.00. The number of nitrogens with zero attached hydrogens (tertiary/aromatic N) is 2. The molecular weight excluding hydrogens is 226 g/mol. The number of carboxylic acid groups (broad SMARTS) is 1. The van der Waals surface area contributed by atoms with Crippen molar-refractivity contribution in [3.05, 3.63) is 5.89 Å². The highest BCUT2D eigenvalue weighted by atomic mass is 16.4. The number of aromatic nitrogens is 2. The highest BCUT2D eigenvalue weighted by Crippen LogP contribution is 2.58. The Balaban J connectivity index is 2.05. The molecule has 0 bridgehead atoms. The molecule has 0 aliphatic heterocycles. The quantitative estimate of drug-likeness (QED) is 0.803. The van der Waals surface area contributed by atoms with Crippen molar-refractivity contribution in [1.29, 1.82) is 0 Å². The summed E-state index contributed by atoms with van der Waals surface area (Å²) >= 11 is 0. The van der Waals surface area contributed by atoms with Crippen molar-refractivity contribution in [1.82, 2.24) is 10.2 Å². The Hall–Kier alpha value is -1.92. The van der Waals surface area contributed by atoms with Crippen molar-refractivity contribution in [3.8, 4) is 0 Å². The van der Waals surface area contributed by atoms with Crippen molar-refractivity contribution >= 4 is 17.9 Å². The van der Waals surface area contributed by atoms with Crippen molar-refractivity contribution in [2.24, 2.45) is 17.3 Å². The SMILES string of the molecule is Cc1nnc(NC(=O)C2C(C(=O)O)C2(C)C)o1. The summed E-state index contributed by atoms with van der Waals surface area (Å²) in [5.41, 5.74) is -0.537. The van der Waals surface area contributed by atoms with E-state index in [1.54, 1.807) is 20.8 Å². The van der Waals surface area contributed by atoms with Crippen molar-refractivity contribution in [2.75, 3.05) is 5.32 Å². The van der Waals surface area contributed by atoms with Crippen LogP contribution in [0.2, 0.25) is 0 Å². The molecule has 0 aromatic carbocycles. The van der Waals surface area contributed by atoms with E-state index in [0.29, 0.717) is 5.89 Å². The third kappa shape index (κ3) is 1.88. The number of aryl methyl sites for hydroxylation is 1. The second-order valence-corrected chi connectivity index (χ2v) is 4.73. The number of hydrogen-bond donors (Lipinski definition) is 2. The number of amides is 1. The molecule has 1 heterocycles. The van der Waals surface area contributed by atoms with Gasteiger partial charge in [-0.3, -0.25) is 14.9 Å². The molecule has 7 nitrogen and oxygen atoms in total. The van der Waals surface area contributed by atoms with Gasteiger partial charge in [-0.05, 0) is 5.41 Å². The molecule has 92 valence electrons. The average molecular weight is 239 g/mol. The summed E-state index contributed by atoms with van der Waals surface area (Å²) in [4.78, 5) is 22.7. The van der Waals surface area contributed by atoms with Gasteiger partial charge in [0.2, 0.25) is 11.8 Å². The average Bonchev–Trinajstić information content (AvgIpc) is 2.54. The van der Waals surface area contributed by atoms with Crippen molar-refractivity contribution in [3.63, 3.8) is 0 Å². The number of nitrogens with one attached hydrogen (secondary N) is 1. The molecule has 1 amide bonds. The van der Waals surface area contributed by atoms with E-state index in [1.165, 1.54) is 0 Å². The Morgan fingerprint density at radius 1 is 1.35 bits per heavy atom. The molecule has 0 saturated heterocycles. The van der Waals surface area contributed by atoms with Gasteiger partial charge in [-0.2, -0.15) is 0 Å². The normalized spacial score (nSPS) is 25.4. The molecule has 1 aromatic rings. The molecule has 1 saturated carbocycles. The van der Waals surface area contributed by atoms with Crippen LogP contribution in [-0.2, 0) is 9.59 Å². The zero-order chi connectivity index (χ0) is 12.8. The molecule has 2 unspecified atom stereocenters. The molecule has 2 atom stereocenters. The minimum absolute atomic E-state index is 0.000612. The summed E-state index contributed by atoms with van der Waals surface area (Å²) in [6.07, 6.45) is 0. The third-order valence-corrected chi connectivity index (χ3v) is 3.13. The molecule has 0 spiro atoms. The van der Waals surface area contributed by atoms with Crippen LogP contribution in [0.15, 0.2) is 4.42 Å².